The highest BCUT2D eigenvalue weighted by Crippen LogP contribution is 2.32. The Morgan fingerprint density at radius 2 is 1.84 bits per heavy atom. The van der Waals surface area contributed by atoms with E-state index in [1.807, 2.05) is 0 Å². The van der Waals surface area contributed by atoms with Gasteiger partial charge in [0.05, 0.1) is 17.1 Å². The summed E-state index contributed by atoms with van der Waals surface area (Å²) in [6, 6.07) is 6.18. The van der Waals surface area contributed by atoms with Gasteiger partial charge in [0.25, 0.3) is 0 Å². The predicted molar refractivity (Wildman–Crippen MR) is 94.9 cm³/mol. The van der Waals surface area contributed by atoms with Crippen LogP contribution in [0.2, 0.25) is 5.02 Å². The number of halogens is 1. The maximum absolute atomic E-state index is 12.9. The van der Waals surface area contributed by atoms with Crippen molar-refractivity contribution in [3.05, 3.63) is 41.9 Å². The van der Waals surface area contributed by atoms with Crippen molar-refractivity contribution in [3.63, 3.8) is 0 Å². The lowest BCUT2D eigenvalue weighted by Gasteiger charge is -2.46. The Kier molecular flexibility index (Phi) is 5.20. The van der Waals surface area contributed by atoms with Gasteiger partial charge in [0.1, 0.15) is 0 Å². The SMILES string of the molecule is C=CC(=O)N1CCC2(CC1)CN(S(=O)(=O)c1ccc(Cl)cc1)CCO2. The van der Waals surface area contributed by atoms with Gasteiger partial charge < -0.3 is 9.64 Å². The molecule has 0 N–H and O–H groups in total. The second-order valence-electron chi connectivity index (χ2n) is 6.35. The normalized spacial score (nSPS) is 21.2. The Bertz CT molecular complexity index is 755. The van der Waals surface area contributed by atoms with E-state index in [9.17, 15) is 13.2 Å². The summed E-state index contributed by atoms with van der Waals surface area (Å²) in [5.74, 6) is -0.101. The minimum atomic E-state index is -3.59. The highest BCUT2D eigenvalue weighted by Gasteiger charge is 2.43. The van der Waals surface area contributed by atoms with E-state index in [2.05, 4.69) is 6.58 Å². The summed E-state index contributed by atoms with van der Waals surface area (Å²) in [6.45, 7) is 5.56. The van der Waals surface area contributed by atoms with Crippen molar-refractivity contribution in [2.24, 2.45) is 0 Å². The molecule has 25 heavy (non-hydrogen) atoms. The van der Waals surface area contributed by atoms with Crippen molar-refractivity contribution in [1.82, 2.24) is 9.21 Å². The van der Waals surface area contributed by atoms with E-state index in [0.717, 1.165) is 0 Å². The second kappa shape index (κ2) is 7.07. The average Bonchev–Trinajstić information content (AvgIpc) is 2.62. The fourth-order valence-corrected chi connectivity index (χ4v) is 4.96. The first kappa shape index (κ1) is 18.4. The predicted octanol–water partition coefficient (Wildman–Crippen LogP) is 1.91. The number of hydrogen-bond donors (Lipinski definition) is 0. The summed E-state index contributed by atoms with van der Waals surface area (Å²) >= 11 is 5.85. The van der Waals surface area contributed by atoms with Crippen LogP contribution in [0, 0.1) is 0 Å². The minimum Gasteiger partial charge on any atom is -0.372 e. The van der Waals surface area contributed by atoms with Crippen LogP contribution < -0.4 is 0 Å². The van der Waals surface area contributed by atoms with Crippen LogP contribution in [0.4, 0.5) is 0 Å². The third-order valence-electron chi connectivity index (χ3n) is 4.83. The highest BCUT2D eigenvalue weighted by molar-refractivity contribution is 7.89. The third kappa shape index (κ3) is 3.74. The first-order valence-electron chi connectivity index (χ1n) is 8.17. The molecule has 2 aliphatic rings. The summed E-state index contributed by atoms with van der Waals surface area (Å²) in [5.41, 5.74) is -0.532. The molecule has 2 aliphatic heterocycles. The number of carbonyl (C=O) groups excluding carboxylic acids is 1. The lowest BCUT2D eigenvalue weighted by molar-refractivity contribution is -0.140. The molecule has 1 amide bonds. The second-order valence-corrected chi connectivity index (χ2v) is 8.73. The molecule has 0 aliphatic carbocycles. The first-order valence-corrected chi connectivity index (χ1v) is 9.99. The van der Waals surface area contributed by atoms with E-state index in [4.69, 9.17) is 16.3 Å². The molecule has 6 nitrogen and oxygen atoms in total. The zero-order valence-electron chi connectivity index (χ0n) is 13.9. The average molecular weight is 385 g/mol. The summed E-state index contributed by atoms with van der Waals surface area (Å²) in [7, 11) is -3.59. The first-order chi connectivity index (χ1) is 11.9. The van der Waals surface area contributed by atoms with Crippen LogP contribution in [0.3, 0.4) is 0 Å². The third-order valence-corrected chi connectivity index (χ3v) is 6.94. The molecular weight excluding hydrogens is 364 g/mol. The molecule has 1 aromatic carbocycles. The van der Waals surface area contributed by atoms with Gasteiger partial charge in [-0.25, -0.2) is 8.42 Å². The largest absolute Gasteiger partial charge is 0.372 e. The summed E-state index contributed by atoms with van der Waals surface area (Å²) in [5, 5.41) is 0.497. The van der Waals surface area contributed by atoms with Gasteiger partial charge in [0.2, 0.25) is 15.9 Å². The molecule has 1 aromatic rings. The van der Waals surface area contributed by atoms with E-state index in [1.54, 1.807) is 17.0 Å². The Labute approximate surface area is 153 Å². The molecule has 0 saturated carbocycles. The Hall–Kier alpha value is -1.41. The van der Waals surface area contributed by atoms with Crippen LogP contribution in [0.15, 0.2) is 41.8 Å². The van der Waals surface area contributed by atoms with Crippen molar-refractivity contribution >= 4 is 27.5 Å². The topological polar surface area (TPSA) is 66.9 Å². The van der Waals surface area contributed by atoms with Crippen molar-refractivity contribution in [3.8, 4) is 0 Å². The number of morpholine rings is 1. The van der Waals surface area contributed by atoms with E-state index in [0.29, 0.717) is 50.7 Å². The molecule has 1 spiro atoms. The Morgan fingerprint density at radius 1 is 1.20 bits per heavy atom. The van der Waals surface area contributed by atoms with Gasteiger partial charge in [-0.05, 0) is 43.2 Å². The number of sulfonamides is 1. The number of carbonyl (C=O) groups is 1. The van der Waals surface area contributed by atoms with Gasteiger partial charge in [-0.1, -0.05) is 18.2 Å². The number of nitrogens with zero attached hydrogens (tertiary/aromatic N) is 2. The van der Waals surface area contributed by atoms with Crippen LogP contribution in [-0.2, 0) is 19.6 Å². The smallest absolute Gasteiger partial charge is 0.245 e. The van der Waals surface area contributed by atoms with E-state index in [-0.39, 0.29) is 10.8 Å². The van der Waals surface area contributed by atoms with Crippen molar-refractivity contribution in [2.45, 2.75) is 23.3 Å². The molecule has 2 saturated heterocycles. The molecule has 8 heteroatoms. The fraction of sp³-hybridized carbons (Fsp3) is 0.471. The van der Waals surface area contributed by atoms with E-state index in [1.165, 1.54) is 22.5 Å². The number of rotatable bonds is 3. The molecule has 136 valence electrons. The summed E-state index contributed by atoms with van der Waals surface area (Å²) in [6.07, 6.45) is 2.52. The monoisotopic (exact) mass is 384 g/mol. The van der Waals surface area contributed by atoms with Crippen molar-refractivity contribution in [2.75, 3.05) is 32.8 Å². The van der Waals surface area contributed by atoms with Crippen LogP contribution in [0.25, 0.3) is 0 Å². The molecule has 2 heterocycles. The van der Waals surface area contributed by atoms with Gasteiger partial charge in [0, 0.05) is 31.2 Å². The van der Waals surface area contributed by atoms with Gasteiger partial charge >= 0.3 is 0 Å². The maximum atomic E-state index is 12.9. The molecule has 0 atom stereocenters. The highest BCUT2D eigenvalue weighted by atomic mass is 35.5. The number of piperidine rings is 1. The van der Waals surface area contributed by atoms with Gasteiger partial charge in [-0.15, -0.1) is 0 Å². The van der Waals surface area contributed by atoms with E-state index >= 15 is 0 Å². The van der Waals surface area contributed by atoms with Crippen LogP contribution in [0.5, 0.6) is 0 Å². The zero-order chi connectivity index (χ0) is 18.1. The number of ether oxygens (including phenoxy) is 1. The number of hydrogen-bond acceptors (Lipinski definition) is 4. The number of amides is 1. The molecule has 0 unspecified atom stereocenters. The molecule has 3 rings (SSSR count). The van der Waals surface area contributed by atoms with E-state index < -0.39 is 15.6 Å². The van der Waals surface area contributed by atoms with Gasteiger partial charge in [-0.2, -0.15) is 4.31 Å². The minimum absolute atomic E-state index is 0.101. The van der Waals surface area contributed by atoms with Gasteiger partial charge in [-0.3, -0.25) is 4.79 Å². The van der Waals surface area contributed by atoms with Crippen LogP contribution >= 0.6 is 11.6 Å². The molecule has 0 aromatic heterocycles. The van der Waals surface area contributed by atoms with Crippen LogP contribution in [0.1, 0.15) is 12.8 Å². The maximum Gasteiger partial charge on any atom is 0.245 e. The lowest BCUT2D eigenvalue weighted by Crippen LogP contribution is -2.58. The fourth-order valence-electron chi connectivity index (χ4n) is 3.34. The Balaban J connectivity index is 1.74. The summed E-state index contributed by atoms with van der Waals surface area (Å²) < 4.78 is 33.2. The molecule has 0 radical (unpaired) electrons. The number of benzene rings is 1. The van der Waals surface area contributed by atoms with Crippen molar-refractivity contribution < 1.29 is 17.9 Å². The number of likely N-dealkylation sites (tertiary alicyclic amines) is 1. The standard InChI is InChI=1S/C17H21ClN2O4S/c1-2-16(21)19-9-7-17(8-10-19)13-20(11-12-24-17)25(22,23)15-5-3-14(18)4-6-15/h2-6H,1,7-13H2. The molecule has 2 fully saturated rings. The quantitative estimate of drug-likeness (QED) is 0.746. The van der Waals surface area contributed by atoms with Crippen molar-refractivity contribution in [1.29, 1.82) is 0 Å². The molecule has 0 bridgehead atoms. The molecular formula is C17H21ClN2O4S. The van der Waals surface area contributed by atoms with Crippen LogP contribution in [-0.4, -0.2) is 61.9 Å². The zero-order valence-corrected chi connectivity index (χ0v) is 15.4. The lowest BCUT2D eigenvalue weighted by atomic mass is 9.90. The van der Waals surface area contributed by atoms with Gasteiger partial charge in [0.15, 0.2) is 0 Å². The summed E-state index contributed by atoms with van der Waals surface area (Å²) in [4.78, 5) is 13.7. The Morgan fingerprint density at radius 3 is 2.44 bits per heavy atom.